The van der Waals surface area contributed by atoms with E-state index in [1.807, 2.05) is 0 Å². The van der Waals surface area contributed by atoms with Crippen molar-refractivity contribution >= 4 is 41.2 Å². The largest absolute Gasteiger partial charge is 0.461 e. The molecule has 1 aliphatic rings. The highest BCUT2D eigenvalue weighted by molar-refractivity contribution is 6.14. The van der Waals surface area contributed by atoms with Crippen LogP contribution in [0.4, 0.5) is 5.69 Å². The van der Waals surface area contributed by atoms with E-state index in [1.54, 1.807) is 52.0 Å². The van der Waals surface area contributed by atoms with Gasteiger partial charge in [0.05, 0.1) is 5.92 Å². The minimum absolute atomic E-state index is 0.122. The van der Waals surface area contributed by atoms with Crippen molar-refractivity contribution in [2.75, 3.05) is 11.9 Å². The molecule has 0 fully saturated rings. The van der Waals surface area contributed by atoms with Crippen molar-refractivity contribution < 1.29 is 33.5 Å². The fraction of sp³-hybridized carbons (Fsp3) is 0.440. The number of anilines is 1. The van der Waals surface area contributed by atoms with E-state index in [0.29, 0.717) is 5.69 Å². The van der Waals surface area contributed by atoms with Gasteiger partial charge in [-0.1, -0.05) is 39.8 Å². The average Bonchev–Trinajstić information content (AvgIpc) is 3.13. The molecule has 0 aliphatic carbocycles. The zero-order valence-corrected chi connectivity index (χ0v) is 21.0. The number of carbonyl (C=O) groups excluding carboxylic acids is 6. The Kier molecular flexibility index (Phi) is 9.89. The number of amides is 5. The van der Waals surface area contributed by atoms with Crippen LogP contribution in [0, 0.1) is 11.8 Å². The first-order valence-corrected chi connectivity index (χ1v) is 11.6. The third kappa shape index (κ3) is 8.03. The van der Waals surface area contributed by atoms with Gasteiger partial charge in [0.2, 0.25) is 17.7 Å². The number of nitrogens with zero attached hydrogens (tertiary/aromatic N) is 1. The smallest absolute Gasteiger partial charge is 0.308 e. The molecule has 11 heteroatoms. The molecule has 3 N–H and O–H groups in total. The average molecular weight is 501 g/mol. The Morgan fingerprint density at radius 2 is 1.44 bits per heavy atom. The summed E-state index contributed by atoms with van der Waals surface area (Å²) >= 11 is 0. The summed E-state index contributed by atoms with van der Waals surface area (Å²) in [6, 6.07) is 4.81. The fourth-order valence-electron chi connectivity index (χ4n) is 3.11. The molecule has 36 heavy (non-hydrogen) atoms. The standard InChI is InChI=1S/C25H32N4O7/c1-14(2)22(28-19(30)12-29-20(31)10-11-21(29)32)24(34)26-16(5)23(33)27-18-8-6-17(7-9-18)13-36-25(35)15(3)4/h6-11,14-16,22H,12-13H2,1-5H3,(H,26,34)(H,27,33)(H,28,30)/t16-,22-/m0/s1. The van der Waals surface area contributed by atoms with Gasteiger partial charge in [-0.15, -0.1) is 0 Å². The molecule has 194 valence electrons. The highest BCUT2D eigenvalue weighted by Gasteiger charge is 2.30. The Morgan fingerprint density at radius 1 is 0.861 bits per heavy atom. The van der Waals surface area contributed by atoms with Crippen LogP contribution in [0.1, 0.15) is 40.2 Å². The van der Waals surface area contributed by atoms with Gasteiger partial charge in [0.25, 0.3) is 11.8 Å². The van der Waals surface area contributed by atoms with E-state index in [4.69, 9.17) is 4.74 Å². The predicted octanol–water partition coefficient (Wildman–Crippen LogP) is 0.895. The van der Waals surface area contributed by atoms with Gasteiger partial charge in [-0.25, -0.2) is 0 Å². The van der Waals surface area contributed by atoms with Crippen LogP contribution in [0.2, 0.25) is 0 Å². The van der Waals surface area contributed by atoms with Gasteiger partial charge < -0.3 is 20.7 Å². The zero-order valence-electron chi connectivity index (χ0n) is 21.0. The Morgan fingerprint density at radius 3 is 1.97 bits per heavy atom. The molecule has 1 aromatic carbocycles. The molecule has 0 saturated carbocycles. The molecule has 1 heterocycles. The van der Waals surface area contributed by atoms with Gasteiger partial charge >= 0.3 is 5.97 Å². The predicted molar refractivity (Wildman–Crippen MR) is 130 cm³/mol. The molecule has 1 aliphatic heterocycles. The SMILES string of the molecule is CC(C)C(=O)OCc1ccc(NC(=O)[C@H](C)NC(=O)[C@@H](NC(=O)CN2C(=O)C=CC2=O)C(C)C)cc1. The van der Waals surface area contributed by atoms with E-state index >= 15 is 0 Å². The van der Waals surface area contributed by atoms with Gasteiger partial charge in [-0.2, -0.15) is 0 Å². The maximum absolute atomic E-state index is 12.8. The van der Waals surface area contributed by atoms with Crippen molar-refractivity contribution in [3.05, 3.63) is 42.0 Å². The number of imide groups is 1. The quantitative estimate of drug-likeness (QED) is 0.302. The molecular formula is C25H32N4O7. The molecule has 11 nitrogen and oxygen atoms in total. The molecule has 0 radical (unpaired) electrons. The van der Waals surface area contributed by atoms with E-state index in [-0.39, 0.29) is 24.4 Å². The lowest BCUT2D eigenvalue weighted by Crippen LogP contribution is -2.55. The van der Waals surface area contributed by atoms with Gasteiger partial charge in [-0.3, -0.25) is 33.7 Å². The molecule has 0 aromatic heterocycles. The lowest BCUT2D eigenvalue weighted by atomic mass is 10.0. The summed E-state index contributed by atoms with van der Waals surface area (Å²) < 4.78 is 5.17. The van der Waals surface area contributed by atoms with Crippen LogP contribution in [0.3, 0.4) is 0 Å². The molecule has 0 bridgehead atoms. The van der Waals surface area contributed by atoms with Crippen LogP contribution >= 0.6 is 0 Å². The minimum atomic E-state index is -0.985. The lowest BCUT2D eigenvalue weighted by Gasteiger charge is -2.24. The van der Waals surface area contributed by atoms with Crippen molar-refractivity contribution in [1.82, 2.24) is 15.5 Å². The summed E-state index contributed by atoms with van der Waals surface area (Å²) in [5.74, 6) is -3.79. The molecule has 1 aromatic rings. The third-order valence-electron chi connectivity index (χ3n) is 5.29. The Hall–Kier alpha value is -4.02. The number of hydrogen-bond acceptors (Lipinski definition) is 7. The normalized spacial score (nSPS) is 14.6. The van der Waals surface area contributed by atoms with E-state index in [1.165, 1.54) is 6.92 Å². The molecule has 0 saturated heterocycles. The first-order valence-electron chi connectivity index (χ1n) is 11.6. The number of benzene rings is 1. The van der Waals surface area contributed by atoms with Gasteiger partial charge in [0.1, 0.15) is 25.2 Å². The summed E-state index contributed by atoms with van der Waals surface area (Å²) in [4.78, 5) is 73.3. The van der Waals surface area contributed by atoms with Gasteiger partial charge in [0, 0.05) is 17.8 Å². The van der Waals surface area contributed by atoms with Crippen molar-refractivity contribution in [3.63, 3.8) is 0 Å². The van der Waals surface area contributed by atoms with Crippen LogP contribution in [0.25, 0.3) is 0 Å². The van der Waals surface area contributed by atoms with Crippen LogP contribution in [-0.4, -0.2) is 59.0 Å². The van der Waals surface area contributed by atoms with Crippen LogP contribution in [0.5, 0.6) is 0 Å². The lowest BCUT2D eigenvalue weighted by molar-refractivity contribution is -0.148. The molecule has 0 spiro atoms. The topological polar surface area (TPSA) is 151 Å². The minimum Gasteiger partial charge on any atom is -0.461 e. The molecule has 2 atom stereocenters. The molecule has 2 rings (SSSR count). The highest BCUT2D eigenvalue weighted by atomic mass is 16.5. The number of nitrogens with one attached hydrogen (secondary N) is 3. The van der Waals surface area contributed by atoms with E-state index < -0.39 is 48.2 Å². The number of hydrogen-bond donors (Lipinski definition) is 3. The maximum atomic E-state index is 12.8. The van der Waals surface area contributed by atoms with Crippen molar-refractivity contribution in [3.8, 4) is 0 Å². The summed E-state index contributed by atoms with van der Waals surface area (Å²) in [5.41, 5.74) is 1.24. The van der Waals surface area contributed by atoms with E-state index in [2.05, 4.69) is 16.0 Å². The van der Waals surface area contributed by atoms with Crippen LogP contribution < -0.4 is 16.0 Å². The maximum Gasteiger partial charge on any atom is 0.308 e. The fourth-order valence-corrected chi connectivity index (χ4v) is 3.11. The second-order valence-electron chi connectivity index (χ2n) is 9.06. The summed E-state index contributed by atoms with van der Waals surface area (Å²) in [6.45, 7) is 8.02. The van der Waals surface area contributed by atoms with Crippen molar-refractivity contribution in [1.29, 1.82) is 0 Å². The van der Waals surface area contributed by atoms with Crippen molar-refractivity contribution in [2.45, 2.75) is 53.3 Å². The summed E-state index contributed by atoms with van der Waals surface area (Å²) in [5, 5.41) is 7.78. The molecule has 0 unspecified atom stereocenters. The number of rotatable bonds is 11. The zero-order chi connectivity index (χ0) is 27.0. The van der Waals surface area contributed by atoms with Crippen LogP contribution in [0.15, 0.2) is 36.4 Å². The first kappa shape index (κ1) is 28.2. The Labute approximate surface area is 209 Å². The Bertz CT molecular complexity index is 1030. The van der Waals surface area contributed by atoms with Gasteiger partial charge in [0.15, 0.2) is 0 Å². The first-order chi connectivity index (χ1) is 16.9. The van der Waals surface area contributed by atoms with Gasteiger partial charge in [-0.05, 0) is 30.5 Å². The van der Waals surface area contributed by atoms with E-state index in [9.17, 15) is 28.8 Å². The number of esters is 1. The van der Waals surface area contributed by atoms with Crippen molar-refractivity contribution in [2.24, 2.45) is 11.8 Å². The monoisotopic (exact) mass is 500 g/mol. The second kappa shape index (κ2) is 12.6. The van der Waals surface area contributed by atoms with Crippen LogP contribution in [-0.2, 0) is 40.1 Å². The number of carbonyl (C=O) groups is 6. The molecular weight excluding hydrogens is 468 g/mol. The highest BCUT2D eigenvalue weighted by Crippen LogP contribution is 2.12. The van der Waals surface area contributed by atoms with E-state index in [0.717, 1.165) is 22.6 Å². The summed E-state index contributed by atoms with van der Waals surface area (Å²) in [7, 11) is 0. The third-order valence-corrected chi connectivity index (χ3v) is 5.29. The number of ether oxygens (including phenoxy) is 1. The second-order valence-corrected chi connectivity index (χ2v) is 9.06. The summed E-state index contributed by atoms with van der Waals surface area (Å²) in [6.07, 6.45) is 2.13. The molecule has 5 amide bonds. The Balaban J connectivity index is 1.88.